The highest BCUT2D eigenvalue weighted by atomic mass is 35.5. The first kappa shape index (κ1) is 12.0. The van der Waals surface area contributed by atoms with E-state index in [0.29, 0.717) is 31.7 Å². The van der Waals surface area contributed by atoms with E-state index in [0.717, 1.165) is 0 Å². The van der Waals surface area contributed by atoms with Gasteiger partial charge in [-0.25, -0.2) is 0 Å². The summed E-state index contributed by atoms with van der Waals surface area (Å²) >= 11 is 5.48. The highest BCUT2D eigenvalue weighted by molar-refractivity contribution is 6.27. The van der Waals surface area contributed by atoms with Crippen molar-refractivity contribution in [2.75, 3.05) is 32.1 Å². The van der Waals surface area contributed by atoms with Crippen molar-refractivity contribution in [3.63, 3.8) is 0 Å². The largest absolute Gasteiger partial charge is 0.472 e. The van der Waals surface area contributed by atoms with Crippen LogP contribution in [-0.2, 0) is 4.79 Å². The number of amides is 2. The van der Waals surface area contributed by atoms with Gasteiger partial charge in [-0.2, -0.15) is 0 Å². The topological polar surface area (TPSA) is 53.8 Å². The van der Waals surface area contributed by atoms with E-state index in [2.05, 4.69) is 0 Å². The molecule has 2 rings (SSSR count). The van der Waals surface area contributed by atoms with Gasteiger partial charge in [0.2, 0.25) is 5.91 Å². The number of carbonyl (C=O) groups excluding carboxylic acids is 2. The second-order valence-corrected chi connectivity index (χ2v) is 4.09. The third kappa shape index (κ3) is 2.61. The minimum absolute atomic E-state index is 0.00429. The summed E-state index contributed by atoms with van der Waals surface area (Å²) in [5, 5.41) is 0. The third-order valence-electron chi connectivity index (χ3n) is 2.80. The molecule has 92 valence electrons. The van der Waals surface area contributed by atoms with Gasteiger partial charge in [-0.3, -0.25) is 9.59 Å². The molecule has 0 N–H and O–H groups in total. The van der Waals surface area contributed by atoms with E-state index < -0.39 is 0 Å². The van der Waals surface area contributed by atoms with E-state index in [1.54, 1.807) is 15.9 Å². The molecule has 2 amide bonds. The molecule has 0 radical (unpaired) electrons. The lowest BCUT2D eigenvalue weighted by Crippen LogP contribution is -2.50. The summed E-state index contributed by atoms with van der Waals surface area (Å²) in [4.78, 5) is 26.7. The number of nitrogens with zero attached hydrogens (tertiary/aromatic N) is 2. The number of piperazine rings is 1. The normalized spacial score (nSPS) is 16.1. The van der Waals surface area contributed by atoms with Gasteiger partial charge in [0.05, 0.1) is 11.8 Å². The number of halogens is 1. The first-order chi connectivity index (χ1) is 8.22. The van der Waals surface area contributed by atoms with Gasteiger partial charge in [0, 0.05) is 26.2 Å². The molecule has 0 unspecified atom stereocenters. The van der Waals surface area contributed by atoms with Crippen LogP contribution in [0, 0.1) is 0 Å². The van der Waals surface area contributed by atoms with Crippen LogP contribution in [0.2, 0.25) is 0 Å². The highest BCUT2D eigenvalue weighted by Gasteiger charge is 2.24. The third-order valence-corrected chi connectivity index (χ3v) is 3.03. The van der Waals surface area contributed by atoms with Crippen molar-refractivity contribution >= 4 is 23.4 Å². The lowest BCUT2D eigenvalue weighted by molar-refractivity contribution is -0.129. The Balaban J connectivity index is 1.91. The summed E-state index contributed by atoms with van der Waals surface area (Å²) in [5.41, 5.74) is 0.544. The highest BCUT2D eigenvalue weighted by Crippen LogP contribution is 2.09. The fraction of sp³-hybridized carbons (Fsp3) is 0.455. The number of furan rings is 1. The summed E-state index contributed by atoms with van der Waals surface area (Å²) in [6.45, 7) is 2.14. The standard InChI is InChI=1S/C11H13ClN2O3/c12-7-10(15)13-2-4-14(5-3-13)11(16)9-1-6-17-8-9/h1,6,8H,2-5,7H2. The summed E-state index contributed by atoms with van der Waals surface area (Å²) < 4.78 is 4.87. The average Bonchev–Trinajstić information content (AvgIpc) is 2.91. The van der Waals surface area contributed by atoms with Crippen LogP contribution in [-0.4, -0.2) is 53.7 Å². The van der Waals surface area contributed by atoms with E-state index in [9.17, 15) is 9.59 Å². The van der Waals surface area contributed by atoms with Crippen LogP contribution < -0.4 is 0 Å². The first-order valence-electron chi connectivity index (χ1n) is 5.37. The Kier molecular flexibility index (Phi) is 3.68. The van der Waals surface area contributed by atoms with Gasteiger partial charge in [-0.15, -0.1) is 11.6 Å². The van der Waals surface area contributed by atoms with Crippen LogP contribution >= 0.6 is 11.6 Å². The van der Waals surface area contributed by atoms with Crippen LogP contribution in [0.3, 0.4) is 0 Å². The maximum Gasteiger partial charge on any atom is 0.257 e. The van der Waals surface area contributed by atoms with Crippen molar-refractivity contribution in [2.45, 2.75) is 0 Å². The lowest BCUT2D eigenvalue weighted by Gasteiger charge is -2.34. The molecule has 0 aromatic carbocycles. The van der Waals surface area contributed by atoms with Gasteiger partial charge < -0.3 is 14.2 Å². The van der Waals surface area contributed by atoms with Crippen LogP contribution in [0.4, 0.5) is 0 Å². The maximum atomic E-state index is 11.9. The van der Waals surface area contributed by atoms with Gasteiger partial charge in [-0.05, 0) is 6.07 Å². The summed E-state index contributed by atoms with van der Waals surface area (Å²) in [5.74, 6) is -0.144. The number of rotatable bonds is 2. The molecule has 2 heterocycles. The van der Waals surface area contributed by atoms with Crippen molar-refractivity contribution in [2.24, 2.45) is 0 Å². The molecular formula is C11H13ClN2O3. The molecule has 1 saturated heterocycles. The van der Waals surface area contributed by atoms with Crippen LogP contribution in [0.25, 0.3) is 0 Å². The Morgan fingerprint density at radius 2 is 1.88 bits per heavy atom. The zero-order valence-electron chi connectivity index (χ0n) is 9.26. The van der Waals surface area contributed by atoms with Gasteiger partial charge in [0.1, 0.15) is 12.1 Å². The molecule has 0 spiro atoms. The smallest absolute Gasteiger partial charge is 0.257 e. The van der Waals surface area contributed by atoms with Crippen molar-refractivity contribution in [3.8, 4) is 0 Å². The van der Waals surface area contributed by atoms with Crippen LogP contribution in [0.5, 0.6) is 0 Å². The minimum atomic E-state index is -0.0814. The lowest BCUT2D eigenvalue weighted by atomic mass is 10.2. The Bertz CT molecular complexity index is 397. The molecular weight excluding hydrogens is 244 g/mol. The molecule has 1 aromatic rings. The molecule has 1 aliphatic heterocycles. The second kappa shape index (κ2) is 5.23. The van der Waals surface area contributed by atoms with Gasteiger partial charge in [0.15, 0.2) is 0 Å². The van der Waals surface area contributed by atoms with Gasteiger partial charge in [0.25, 0.3) is 5.91 Å². The van der Waals surface area contributed by atoms with E-state index in [1.807, 2.05) is 0 Å². The van der Waals surface area contributed by atoms with Gasteiger partial charge in [-0.1, -0.05) is 0 Å². The zero-order chi connectivity index (χ0) is 12.3. The van der Waals surface area contributed by atoms with Crippen LogP contribution in [0.1, 0.15) is 10.4 Å². The Morgan fingerprint density at radius 3 is 2.41 bits per heavy atom. The summed E-state index contributed by atoms with van der Waals surface area (Å²) in [6.07, 6.45) is 2.90. The molecule has 1 aromatic heterocycles. The quantitative estimate of drug-likeness (QED) is 0.736. The number of alkyl halides is 1. The summed E-state index contributed by atoms with van der Waals surface area (Å²) in [6, 6.07) is 1.64. The maximum absolute atomic E-state index is 11.9. The van der Waals surface area contributed by atoms with Crippen molar-refractivity contribution in [1.82, 2.24) is 9.80 Å². The summed E-state index contributed by atoms with van der Waals surface area (Å²) in [7, 11) is 0. The van der Waals surface area contributed by atoms with Crippen molar-refractivity contribution in [3.05, 3.63) is 24.2 Å². The number of carbonyl (C=O) groups is 2. The van der Waals surface area contributed by atoms with E-state index >= 15 is 0 Å². The predicted molar refractivity (Wildman–Crippen MR) is 61.9 cm³/mol. The molecule has 6 heteroatoms. The molecule has 0 saturated carbocycles. The molecule has 5 nitrogen and oxygen atoms in total. The van der Waals surface area contributed by atoms with E-state index in [-0.39, 0.29) is 17.7 Å². The minimum Gasteiger partial charge on any atom is -0.472 e. The van der Waals surface area contributed by atoms with E-state index in [1.165, 1.54) is 12.5 Å². The van der Waals surface area contributed by atoms with Gasteiger partial charge >= 0.3 is 0 Å². The van der Waals surface area contributed by atoms with Crippen molar-refractivity contribution < 1.29 is 14.0 Å². The first-order valence-corrected chi connectivity index (χ1v) is 5.91. The number of hydrogen-bond donors (Lipinski definition) is 0. The number of hydrogen-bond acceptors (Lipinski definition) is 3. The molecule has 0 bridgehead atoms. The van der Waals surface area contributed by atoms with Crippen LogP contribution in [0.15, 0.2) is 23.0 Å². The molecule has 1 aliphatic rings. The molecule has 0 aliphatic carbocycles. The fourth-order valence-corrected chi connectivity index (χ4v) is 1.98. The monoisotopic (exact) mass is 256 g/mol. The SMILES string of the molecule is O=C(CCl)N1CCN(C(=O)c2ccoc2)CC1. The Labute approximate surface area is 104 Å². The molecule has 17 heavy (non-hydrogen) atoms. The molecule has 0 atom stereocenters. The average molecular weight is 257 g/mol. The van der Waals surface area contributed by atoms with E-state index in [4.69, 9.17) is 16.0 Å². The molecule has 1 fully saturated rings. The fourth-order valence-electron chi connectivity index (χ4n) is 1.81. The Morgan fingerprint density at radius 1 is 1.24 bits per heavy atom. The zero-order valence-corrected chi connectivity index (χ0v) is 10.0. The van der Waals surface area contributed by atoms with Crippen molar-refractivity contribution in [1.29, 1.82) is 0 Å². The second-order valence-electron chi connectivity index (χ2n) is 3.82. The predicted octanol–water partition coefficient (Wildman–Crippen LogP) is 0.803. The Hall–Kier alpha value is -1.49.